The van der Waals surface area contributed by atoms with E-state index in [-0.39, 0.29) is 5.38 Å². The minimum Gasteiger partial charge on any atom is -0.337 e. The predicted molar refractivity (Wildman–Crippen MR) is 54.0 cm³/mol. The Morgan fingerprint density at radius 2 is 2.00 bits per heavy atom. The largest absolute Gasteiger partial charge is 0.337 e. The number of aromatic nitrogens is 2. The molecule has 2 aromatic rings. The van der Waals surface area contributed by atoms with Crippen LogP contribution in [0.4, 0.5) is 0 Å². The van der Waals surface area contributed by atoms with Crippen molar-refractivity contribution in [2.75, 3.05) is 0 Å². The summed E-state index contributed by atoms with van der Waals surface area (Å²) in [6, 6.07) is 9.64. The Kier molecular flexibility index (Phi) is 2.50. The summed E-state index contributed by atoms with van der Waals surface area (Å²) in [6.07, 6.45) is 0. The first-order valence-electron chi connectivity index (χ1n) is 4.30. The highest BCUT2D eigenvalue weighted by Crippen LogP contribution is 2.21. The Bertz CT molecular complexity index is 411. The van der Waals surface area contributed by atoms with Gasteiger partial charge in [-0.25, -0.2) is 0 Å². The van der Waals surface area contributed by atoms with Crippen LogP contribution in [0, 0.1) is 0 Å². The van der Waals surface area contributed by atoms with Crippen molar-refractivity contribution in [3.63, 3.8) is 0 Å². The van der Waals surface area contributed by atoms with Gasteiger partial charge in [-0.1, -0.05) is 35.5 Å². The molecule has 0 saturated carbocycles. The van der Waals surface area contributed by atoms with E-state index in [0.29, 0.717) is 11.7 Å². The lowest BCUT2D eigenvalue weighted by Gasteiger charge is -1.91. The lowest BCUT2D eigenvalue weighted by molar-refractivity contribution is 0.379. The molecular formula is C10H9ClN2O. The highest BCUT2D eigenvalue weighted by molar-refractivity contribution is 6.20. The Morgan fingerprint density at radius 1 is 1.29 bits per heavy atom. The molecule has 0 unspecified atom stereocenters. The molecule has 1 heterocycles. The van der Waals surface area contributed by atoms with Gasteiger partial charge in [0.05, 0.1) is 0 Å². The molecule has 0 aliphatic heterocycles. The number of hydrogen-bond acceptors (Lipinski definition) is 3. The molecule has 1 atom stereocenters. The Hall–Kier alpha value is -1.35. The maximum absolute atomic E-state index is 5.81. The third-order valence-corrected chi connectivity index (χ3v) is 2.00. The molecule has 0 aliphatic carbocycles. The SMILES string of the molecule is C[C@H](Cl)c1nc(-c2ccccc2)no1. The van der Waals surface area contributed by atoms with Crippen molar-refractivity contribution < 1.29 is 4.52 Å². The topological polar surface area (TPSA) is 38.9 Å². The van der Waals surface area contributed by atoms with Crippen LogP contribution in [0.5, 0.6) is 0 Å². The maximum Gasteiger partial charge on any atom is 0.244 e. The third-order valence-electron chi connectivity index (χ3n) is 1.81. The van der Waals surface area contributed by atoms with Crippen LogP contribution in [0.15, 0.2) is 34.9 Å². The number of alkyl halides is 1. The standard InChI is InChI=1S/C10H9ClN2O/c1-7(11)10-12-9(13-14-10)8-5-3-2-4-6-8/h2-7H,1H3/t7-/m0/s1. The zero-order valence-electron chi connectivity index (χ0n) is 7.64. The van der Waals surface area contributed by atoms with E-state index in [2.05, 4.69) is 10.1 Å². The number of halogens is 1. The van der Waals surface area contributed by atoms with E-state index in [1.165, 1.54) is 0 Å². The second kappa shape index (κ2) is 3.80. The van der Waals surface area contributed by atoms with Gasteiger partial charge in [0, 0.05) is 5.56 Å². The van der Waals surface area contributed by atoms with Gasteiger partial charge >= 0.3 is 0 Å². The lowest BCUT2D eigenvalue weighted by Crippen LogP contribution is -1.84. The molecule has 0 radical (unpaired) electrons. The number of benzene rings is 1. The summed E-state index contributed by atoms with van der Waals surface area (Å²) in [6.45, 7) is 1.80. The maximum atomic E-state index is 5.81. The summed E-state index contributed by atoms with van der Waals surface area (Å²) in [5.74, 6) is 1.03. The molecule has 0 bridgehead atoms. The van der Waals surface area contributed by atoms with Crippen LogP contribution in [0.25, 0.3) is 11.4 Å². The average molecular weight is 209 g/mol. The highest BCUT2D eigenvalue weighted by Gasteiger charge is 2.11. The summed E-state index contributed by atoms with van der Waals surface area (Å²) in [5.41, 5.74) is 0.930. The van der Waals surface area contributed by atoms with Gasteiger partial charge in [-0.05, 0) is 6.92 Å². The molecule has 0 spiro atoms. The molecule has 4 heteroatoms. The summed E-state index contributed by atoms with van der Waals surface area (Å²) in [5, 5.41) is 3.59. The highest BCUT2D eigenvalue weighted by atomic mass is 35.5. The smallest absolute Gasteiger partial charge is 0.244 e. The zero-order valence-corrected chi connectivity index (χ0v) is 8.40. The van der Waals surface area contributed by atoms with Crippen molar-refractivity contribution in [1.29, 1.82) is 0 Å². The van der Waals surface area contributed by atoms with Crippen LogP contribution in [0.2, 0.25) is 0 Å². The van der Waals surface area contributed by atoms with Crippen molar-refractivity contribution >= 4 is 11.6 Å². The molecule has 0 fully saturated rings. The summed E-state index contributed by atoms with van der Waals surface area (Å²) < 4.78 is 4.99. The molecule has 1 aromatic heterocycles. The molecule has 1 aromatic carbocycles. The van der Waals surface area contributed by atoms with Crippen LogP contribution in [-0.2, 0) is 0 Å². The van der Waals surface area contributed by atoms with Gasteiger partial charge in [0.15, 0.2) is 0 Å². The van der Waals surface area contributed by atoms with Crippen molar-refractivity contribution in [1.82, 2.24) is 10.1 Å². The van der Waals surface area contributed by atoms with Crippen LogP contribution in [-0.4, -0.2) is 10.1 Å². The Labute approximate surface area is 86.7 Å². The van der Waals surface area contributed by atoms with Crippen molar-refractivity contribution in [2.24, 2.45) is 0 Å². The number of hydrogen-bond donors (Lipinski definition) is 0. The van der Waals surface area contributed by atoms with Gasteiger partial charge in [-0.2, -0.15) is 4.98 Å². The van der Waals surface area contributed by atoms with Gasteiger partial charge in [-0.3, -0.25) is 0 Å². The fourth-order valence-electron chi connectivity index (χ4n) is 1.10. The van der Waals surface area contributed by atoms with E-state index < -0.39 is 0 Å². The minimum absolute atomic E-state index is 0.250. The second-order valence-corrected chi connectivity index (χ2v) is 3.59. The molecule has 0 aliphatic rings. The van der Waals surface area contributed by atoms with Crippen molar-refractivity contribution in [3.05, 3.63) is 36.2 Å². The Balaban J connectivity index is 2.34. The zero-order chi connectivity index (χ0) is 9.97. The lowest BCUT2D eigenvalue weighted by atomic mass is 10.2. The van der Waals surface area contributed by atoms with Crippen molar-refractivity contribution in [3.8, 4) is 11.4 Å². The van der Waals surface area contributed by atoms with Crippen molar-refractivity contribution in [2.45, 2.75) is 12.3 Å². The average Bonchev–Trinajstić information content (AvgIpc) is 2.68. The molecule has 0 saturated heterocycles. The molecule has 2 rings (SSSR count). The summed E-state index contributed by atoms with van der Waals surface area (Å²) in [4.78, 5) is 4.17. The third kappa shape index (κ3) is 1.77. The van der Waals surface area contributed by atoms with Gasteiger partial charge in [0.2, 0.25) is 11.7 Å². The van der Waals surface area contributed by atoms with Gasteiger partial charge in [-0.15, -0.1) is 11.6 Å². The molecule has 0 N–H and O–H groups in total. The normalized spacial score (nSPS) is 12.7. The molecular weight excluding hydrogens is 200 g/mol. The fourth-order valence-corrected chi connectivity index (χ4v) is 1.19. The van der Waals surface area contributed by atoms with Crippen LogP contribution < -0.4 is 0 Å². The fraction of sp³-hybridized carbons (Fsp3) is 0.200. The van der Waals surface area contributed by atoms with E-state index in [1.807, 2.05) is 30.3 Å². The van der Waals surface area contributed by atoms with Gasteiger partial charge in [0.25, 0.3) is 0 Å². The quantitative estimate of drug-likeness (QED) is 0.712. The van der Waals surface area contributed by atoms with E-state index in [1.54, 1.807) is 6.92 Å². The van der Waals surface area contributed by atoms with Gasteiger partial charge in [0.1, 0.15) is 5.38 Å². The molecule has 14 heavy (non-hydrogen) atoms. The first-order valence-corrected chi connectivity index (χ1v) is 4.74. The van der Waals surface area contributed by atoms with E-state index in [0.717, 1.165) is 5.56 Å². The van der Waals surface area contributed by atoms with E-state index in [9.17, 15) is 0 Å². The molecule has 72 valence electrons. The minimum atomic E-state index is -0.250. The molecule has 0 amide bonds. The predicted octanol–water partition coefficient (Wildman–Crippen LogP) is 3.04. The monoisotopic (exact) mass is 208 g/mol. The van der Waals surface area contributed by atoms with Crippen LogP contribution in [0.1, 0.15) is 18.2 Å². The van der Waals surface area contributed by atoms with Crippen LogP contribution in [0.3, 0.4) is 0 Å². The first-order chi connectivity index (χ1) is 6.77. The first kappa shape index (κ1) is 9.21. The Morgan fingerprint density at radius 3 is 2.57 bits per heavy atom. The van der Waals surface area contributed by atoms with Crippen LogP contribution >= 0.6 is 11.6 Å². The molecule has 3 nitrogen and oxygen atoms in total. The van der Waals surface area contributed by atoms with Gasteiger partial charge < -0.3 is 4.52 Å². The summed E-state index contributed by atoms with van der Waals surface area (Å²) in [7, 11) is 0. The van der Waals surface area contributed by atoms with E-state index in [4.69, 9.17) is 16.1 Å². The number of rotatable bonds is 2. The summed E-state index contributed by atoms with van der Waals surface area (Å²) >= 11 is 5.81. The second-order valence-electron chi connectivity index (χ2n) is 2.94. The number of nitrogens with zero attached hydrogens (tertiary/aromatic N) is 2. The van der Waals surface area contributed by atoms with E-state index >= 15 is 0 Å².